The minimum atomic E-state index is -0.344. The summed E-state index contributed by atoms with van der Waals surface area (Å²) in [5, 5.41) is 3.22. The molecule has 1 rings (SSSR count). The summed E-state index contributed by atoms with van der Waals surface area (Å²) in [5.74, 6) is 0.654. The lowest BCUT2D eigenvalue weighted by Crippen LogP contribution is -2.49. The maximum Gasteiger partial charge on any atom is 0.293 e. The first-order valence-corrected chi connectivity index (χ1v) is 6.68. The van der Waals surface area contributed by atoms with E-state index in [9.17, 15) is 4.79 Å². The molecule has 1 atom stereocenters. The second-order valence-corrected chi connectivity index (χ2v) is 6.52. The summed E-state index contributed by atoms with van der Waals surface area (Å²) in [6.07, 6.45) is 3.36. The van der Waals surface area contributed by atoms with Gasteiger partial charge in [-0.25, -0.2) is 4.98 Å². The van der Waals surface area contributed by atoms with E-state index in [1.165, 1.54) is 0 Å². The van der Waals surface area contributed by atoms with Gasteiger partial charge in [0.15, 0.2) is 5.82 Å². The zero-order chi connectivity index (χ0) is 14.8. The van der Waals surface area contributed by atoms with Crippen LogP contribution in [0.5, 0.6) is 0 Å². The highest BCUT2D eigenvalue weighted by molar-refractivity contribution is 5.35. The zero-order valence-corrected chi connectivity index (χ0v) is 12.8. The number of nitrogens with zero attached hydrogens (tertiary/aromatic N) is 2. The molecule has 0 aliphatic carbocycles. The first-order chi connectivity index (χ1) is 8.62. The fraction of sp³-hybridized carbons (Fsp3) is 0.714. The zero-order valence-electron chi connectivity index (χ0n) is 12.8. The van der Waals surface area contributed by atoms with Crippen LogP contribution in [0.15, 0.2) is 17.2 Å². The van der Waals surface area contributed by atoms with Gasteiger partial charge in [-0.2, -0.15) is 0 Å². The molecule has 0 saturated carbocycles. The average molecular weight is 266 g/mol. The van der Waals surface area contributed by atoms with E-state index in [0.29, 0.717) is 18.3 Å². The van der Waals surface area contributed by atoms with E-state index in [1.807, 2.05) is 27.7 Å². The second kappa shape index (κ2) is 5.33. The minimum Gasteiger partial charge on any atom is -0.359 e. The molecule has 0 radical (unpaired) electrons. The third-order valence-corrected chi connectivity index (χ3v) is 3.67. The van der Waals surface area contributed by atoms with Crippen LogP contribution in [0.3, 0.4) is 0 Å². The van der Waals surface area contributed by atoms with E-state index in [2.05, 4.69) is 24.1 Å². The maximum absolute atomic E-state index is 12.4. The lowest BCUT2D eigenvalue weighted by molar-refractivity contribution is 0.370. The highest BCUT2D eigenvalue weighted by Crippen LogP contribution is 2.19. The van der Waals surface area contributed by atoms with Gasteiger partial charge in [0.25, 0.3) is 5.56 Å². The van der Waals surface area contributed by atoms with Crippen LogP contribution in [-0.2, 0) is 5.54 Å². The van der Waals surface area contributed by atoms with Gasteiger partial charge in [-0.3, -0.25) is 4.79 Å². The monoisotopic (exact) mass is 266 g/mol. The molecule has 0 amide bonds. The number of rotatable bonds is 4. The van der Waals surface area contributed by atoms with Gasteiger partial charge in [0.1, 0.15) is 0 Å². The SMILES string of the molecule is CC(C)C(C)(CN)Nc1nccn(C(C)(C)C)c1=O. The standard InChI is InChI=1S/C14H26N4O/c1-10(2)14(6,9-15)17-11-12(19)18(8-7-16-11)13(3,4)5/h7-8,10H,9,15H2,1-6H3,(H,16,17). The molecule has 5 heteroatoms. The Morgan fingerprint density at radius 3 is 2.37 bits per heavy atom. The lowest BCUT2D eigenvalue weighted by atomic mass is 9.88. The summed E-state index contributed by atoms with van der Waals surface area (Å²) in [4.78, 5) is 16.6. The number of anilines is 1. The number of nitrogens with two attached hydrogens (primary N) is 1. The first kappa shape index (κ1) is 15.7. The Bertz CT molecular complexity index is 487. The molecular weight excluding hydrogens is 240 g/mol. The molecule has 1 aromatic heterocycles. The molecule has 1 unspecified atom stereocenters. The van der Waals surface area contributed by atoms with Crippen molar-refractivity contribution in [3.05, 3.63) is 22.7 Å². The number of hydrogen-bond donors (Lipinski definition) is 2. The van der Waals surface area contributed by atoms with Crippen LogP contribution in [0.25, 0.3) is 0 Å². The van der Waals surface area contributed by atoms with Gasteiger partial charge < -0.3 is 15.6 Å². The minimum absolute atomic E-state index is 0.115. The normalized spacial score (nSPS) is 15.4. The van der Waals surface area contributed by atoms with Crippen molar-refractivity contribution in [1.82, 2.24) is 9.55 Å². The molecule has 1 aromatic rings. The van der Waals surface area contributed by atoms with Gasteiger partial charge in [-0.1, -0.05) is 13.8 Å². The molecule has 0 aliphatic rings. The van der Waals surface area contributed by atoms with Crippen molar-refractivity contribution < 1.29 is 0 Å². The highest BCUT2D eigenvalue weighted by Gasteiger charge is 2.28. The van der Waals surface area contributed by atoms with Crippen LogP contribution in [-0.4, -0.2) is 21.6 Å². The first-order valence-electron chi connectivity index (χ1n) is 6.68. The van der Waals surface area contributed by atoms with Gasteiger partial charge in [-0.15, -0.1) is 0 Å². The Kier molecular flexibility index (Phi) is 4.40. The topological polar surface area (TPSA) is 72.9 Å². The summed E-state index contributed by atoms with van der Waals surface area (Å²) in [6.45, 7) is 12.6. The van der Waals surface area contributed by atoms with Crippen LogP contribution in [0.1, 0.15) is 41.5 Å². The number of aromatic nitrogens is 2. The van der Waals surface area contributed by atoms with Crippen LogP contribution in [0, 0.1) is 5.92 Å². The summed E-state index contributed by atoms with van der Waals surface area (Å²) in [7, 11) is 0. The number of hydrogen-bond acceptors (Lipinski definition) is 4. The highest BCUT2D eigenvalue weighted by atomic mass is 16.1. The molecule has 3 N–H and O–H groups in total. The van der Waals surface area contributed by atoms with E-state index in [-0.39, 0.29) is 16.6 Å². The van der Waals surface area contributed by atoms with Crippen molar-refractivity contribution in [1.29, 1.82) is 0 Å². The van der Waals surface area contributed by atoms with Gasteiger partial charge in [0.05, 0.1) is 5.54 Å². The molecular formula is C14H26N4O. The summed E-state index contributed by atoms with van der Waals surface area (Å²) < 4.78 is 1.68. The summed E-state index contributed by atoms with van der Waals surface area (Å²) in [5.41, 5.74) is 5.10. The van der Waals surface area contributed by atoms with E-state index in [4.69, 9.17) is 5.73 Å². The average Bonchev–Trinajstić information content (AvgIpc) is 2.29. The molecule has 1 heterocycles. The van der Waals surface area contributed by atoms with Gasteiger partial charge in [0.2, 0.25) is 0 Å². The van der Waals surface area contributed by atoms with Crippen LogP contribution >= 0.6 is 0 Å². The van der Waals surface area contributed by atoms with Gasteiger partial charge >= 0.3 is 0 Å². The van der Waals surface area contributed by atoms with Gasteiger partial charge in [0, 0.05) is 24.5 Å². The lowest BCUT2D eigenvalue weighted by Gasteiger charge is -2.34. The van der Waals surface area contributed by atoms with Crippen molar-refractivity contribution in [2.24, 2.45) is 11.7 Å². The Morgan fingerprint density at radius 1 is 1.37 bits per heavy atom. The quantitative estimate of drug-likeness (QED) is 0.871. The third-order valence-electron chi connectivity index (χ3n) is 3.67. The molecule has 0 spiro atoms. The fourth-order valence-corrected chi connectivity index (χ4v) is 1.73. The van der Waals surface area contributed by atoms with E-state index in [1.54, 1.807) is 17.0 Å². The summed E-state index contributed by atoms with van der Waals surface area (Å²) in [6, 6.07) is 0. The fourth-order valence-electron chi connectivity index (χ4n) is 1.73. The third kappa shape index (κ3) is 3.35. The summed E-state index contributed by atoms with van der Waals surface area (Å²) >= 11 is 0. The smallest absolute Gasteiger partial charge is 0.293 e. The van der Waals surface area contributed by atoms with E-state index >= 15 is 0 Å². The predicted octanol–water partition coefficient (Wildman–Crippen LogP) is 1.78. The predicted molar refractivity (Wildman–Crippen MR) is 79.4 cm³/mol. The van der Waals surface area contributed by atoms with Crippen LogP contribution < -0.4 is 16.6 Å². The molecule has 0 bridgehead atoms. The Labute approximate surface area is 115 Å². The number of nitrogens with one attached hydrogen (secondary N) is 1. The molecule has 0 saturated heterocycles. The van der Waals surface area contributed by atoms with E-state index < -0.39 is 0 Å². The largest absolute Gasteiger partial charge is 0.359 e. The Morgan fingerprint density at radius 2 is 1.95 bits per heavy atom. The van der Waals surface area contributed by atoms with Crippen LogP contribution in [0.4, 0.5) is 5.82 Å². The molecule has 0 aromatic carbocycles. The van der Waals surface area contributed by atoms with Crippen molar-refractivity contribution >= 4 is 5.82 Å². The van der Waals surface area contributed by atoms with Crippen molar-refractivity contribution in [2.75, 3.05) is 11.9 Å². The molecule has 19 heavy (non-hydrogen) atoms. The second-order valence-electron chi connectivity index (χ2n) is 6.52. The van der Waals surface area contributed by atoms with Crippen molar-refractivity contribution in [3.8, 4) is 0 Å². The van der Waals surface area contributed by atoms with E-state index in [0.717, 1.165) is 0 Å². The Hall–Kier alpha value is -1.36. The molecule has 108 valence electrons. The molecule has 0 aliphatic heterocycles. The van der Waals surface area contributed by atoms with Crippen LogP contribution in [0.2, 0.25) is 0 Å². The van der Waals surface area contributed by atoms with Crippen molar-refractivity contribution in [3.63, 3.8) is 0 Å². The Balaban J connectivity index is 3.21. The van der Waals surface area contributed by atoms with Crippen molar-refractivity contribution in [2.45, 2.75) is 52.6 Å². The maximum atomic E-state index is 12.4. The molecule has 5 nitrogen and oxygen atoms in total. The molecule has 0 fully saturated rings. The van der Waals surface area contributed by atoms with Gasteiger partial charge in [-0.05, 0) is 33.6 Å².